The van der Waals surface area contributed by atoms with Gasteiger partial charge in [0.05, 0.1) is 11.9 Å². The van der Waals surface area contributed by atoms with E-state index in [-0.39, 0.29) is 16.5 Å². The smallest absolute Gasteiger partial charge is 0.222 e. The molecule has 2 aromatic heterocycles. The van der Waals surface area contributed by atoms with Gasteiger partial charge in [-0.25, -0.2) is 18.4 Å². The Morgan fingerprint density at radius 2 is 2.10 bits per heavy atom. The minimum atomic E-state index is -3.44. The van der Waals surface area contributed by atoms with E-state index in [2.05, 4.69) is 15.3 Å². The summed E-state index contributed by atoms with van der Waals surface area (Å²) in [6, 6.07) is 3.20. The first-order valence-electron chi connectivity index (χ1n) is 5.94. The lowest BCUT2D eigenvalue weighted by Gasteiger charge is -2.11. The summed E-state index contributed by atoms with van der Waals surface area (Å²) < 4.78 is 24.2. The second-order valence-corrected chi connectivity index (χ2v) is 7.54. The van der Waals surface area contributed by atoms with Crippen molar-refractivity contribution in [2.24, 2.45) is 0 Å². The highest BCUT2D eigenvalue weighted by atomic mass is 32.2. The largest absolute Gasteiger partial charge is 0.390 e. The fourth-order valence-corrected chi connectivity index (χ4v) is 4.01. The van der Waals surface area contributed by atoms with Crippen molar-refractivity contribution in [3.05, 3.63) is 35.5 Å². The van der Waals surface area contributed by atoms with E-state index in [1.807, 2.05) is 6.92 Å². The van der Waals surface area contributed by atoms with Crippen LogP contribution >= 0.6 is 11.3 Å². The Hall–Kier alpha value is -1.51. The number of hydrogen-bond acceptors (Lipinski definition) is 7. The average Bonchev–Trinajstić information content (AvgIpc) is 2.92. The van der Waals surface area contributed by atoms with Gasteiger partial charge in [0, 0.05) is 18.9 Å². The maximum Gasteiger partial charge on any atom is 0.222 e. The van der Waals surface area contributed by atoms with Gasteiger partial charge in [-0.3, -0.25) is 0 Å². The summed E-state index contributed by atoms with van der Waals surface area (Å²) in [5.41, 5.74) is 0.927. The second-order valence-electron chi connectivity index (χ2n) is 4.33. The maximum atomic E-state index is 12.0. The molecule has 0 saturated carbocycles. The minimum Gasteiger partial charge on any atom is -0.390 e. The predicted molar refractivity (Wildman–Crippen MR) is 77.6 cm³/mol. The molecule has 0 aliphatic carbocycles. The third-order valence-electron chi connectivity index (χ3n) is 2.49. The Kier molecular flexibility index (Phi) is 4.69. The van der Waals surface area contributed by atoms with Crippen molar-refractivity contribution >= 4 is 27.1 Å². The number of aliphatic hydroxyl groups is 1. The molecule has 0 radical (unpaired) electrons. The average molecular weight is 313 g/mol. The van der Waals surface area contributed by atoms with Crippen LogP contribution in [-0.4, -0.2) is 41.9 Å². The molecule has 0 amide bonds. The van der Waals surface area contributed by atoms with Gasteiger partial charge in [-0.2, -0.15) is 0 Å². The quantitative estimate of drug-likeness (QED) is 0.829. The van der Waals surface area contributed by atoms with Crippen molar-refractivity contribution in [1.82, 2.24) is 9.97 Å². The summed E-state index contributed by atoms with van der Waals surface area (Å²) in [5, 5.41) is 14.3. The molecular formula is C12H15N3O3S2. The number of nitrogens with one attached hydrogen (secondary N) is 1. The van der Waals surface area contributed by atoms with E-state index >= 15 is 0 Å². The lowest BCUT2D eigenvalue weighted by Crippen LogP contribution is -2.28. The van der Waals surface area contributed by atoms with E-state index < -0.39 is 15.9 Å². The van der Waals surface area contributed by atoms with Crippen LogP contribution in [-0.2, 0) is 9.84 Å². The Labute approximate surface area is 121 Å². The first kappa shape index (κ1) is 14.9. The number of aliphatic hydroxyl groups excluding tert-OH is 1. The predicted octanol–water partition coefficient (Wildman–Crippen LogP) is 1.09. The number of nitrogens with zero attached hydrogens (tertiary/aromatic N) is 2. The van der Waals surface area contributed by atoms with Crippen LogP contribution in [0.15, 0.2) is 34.1 Å². The summed E-state index contributed by atoms with van der Waals surface area (Å²) in [6.07, 6.45) is 2.26. The molecule has 6 nitrogen and oxygen atoms in total. The number of anilines is 1. The number of sulfone groups is 1. The summed E-state index contributed by atoms with van der Waals surface area (Å²) in [6.45, 7) is 1.94. The van der Waals surface area contributed by atoms with Crippen molar-refractivity contribution < 1.29 is 13.5 Å². The zero-order valence-corrected chi connectivity index (χ0v) is 12.5. The first-order chi connectivity index (χ1) is 9.47. The molecule has 2 aromatic rings. The van der Waals surface area contributed by atoms with Gasteiger partial charge in [0.1, 0.15) is 4.21 Å². The number of aryl methyl sites for hydroxylation is 1. The van der Waals surface area contributed by atoms with Crippen LogP contribution in [0, 0.1) is 6.92 Å². The van der Waals surface area contributed by atoms with Gasteiger partial charge in [-0.05, 0) is 23.9 Å². The van der Waals surface area contributed by atoms with Crippen LogP contribution in [0.1, 0.15) is 5.56 Å². The van der Waals surface area contributed by atoms with Gasteiger partial charge in [0.25, 0.3) is 0 Å². The monoisotopic (exact) mass is 313 g/mol. The molecule has 0 aromatic carbocycles. The zero-order chi connectivity index (χ0) is 14.6. The molecular weight excluding hydrogens is 298 g/mol. The maximum absolute atomic E-state index is 12.0. The van der Waals surface area contributed by atoms with Gasteiger partial charge in [-0.15, -0.1) is 11.3 Å². The Morgan fingerprint density at radius 3 is 2.70 bits per heavy atom. The Balaban J connectivity index is 1.90. The van der Waals surface area contributed by atoms with Crippen LogP contribution in [0.5, 0.6) is 0 Å². The molecule has 8 heteroatoms. The van der Waals surface area contributed by atoms with Crippen LogP contribution in [0.25, 0.3) is 0 Å². The van der Waals surface area contributed by atoms with Crippen LogP contribution < -0.4 is 5.32 Å². The van der Waals surface area contributed by atoms with E-state index in [0.29, 0.717) is 5.95 Å². The van der Waals surface area contributed by atoms with Crippen LogP contribution in [0.4, 0.5) is 5.95 Å². The second kappa shape index (κ2) is 6.29. The highest BCUT2D eigenvalue weighted by Crippen LogP contribution is 2.18. The molecule has 0 aliphatic heterocycles. The molecule has 2 heterocycles. The van der Waals surface area contributed by atoms with E-state index in [0.717, 1.165) is 16.9 Å². The Bertz CT molecular complexity index is 639. The molecule has 2 rings (SSSR count). The first-order valence-corrected chi connectivity index (χ1v) is 8.47. The van der Waals surface area contributed by atoms with Gasteiger partial charge in [-0.1, -0.05) is 6.07 Å². The fraction of sp³-hybridized carbons (Fsp3) is 0.333. The Morgan fingerprint density at radius 1 is 1.40 bits per heavy atom. The summed E-state index contributed by atoms with van der Waals surface area (Å²) in [4.78, 5) is 8.03. The van der Waals surface area contributed by atoms with Crippen molar-refractivity contribution in [3.63, 3.8) is 0 Å². The highest BCUT2D eigenvalue weighted by Gasteiger charge is 2.20. The number of thiophene rings is 1. The van der Waals surface area contributed by atoms with Crippen LogP contribution in [0.3, 0.4) is 0 Å². The molecule has 108 valence electrons. The third kappa shape index (κ3) is 3.99. The minimum absolute atomic E-state index is 0.0770. The lowest BCUT2D eigenvalue weighted by molar-refractivity contribution is 0.210. The normalized spacial score (nSPS) is 13.1. The molecule has 2 N–H and O–H groups in total. The molecule has 0 fully saturated rings. The number of hydrogen-bond donors (Lipinski definition) is 2. The van der Waals surface area contributed by atoms with Crippen molar-refractivity contribution in [1.29, 1.82) is 0 Å². The van der Waals surface area contributed by atoms with Gasteiger partial charge < -0.3 is 10.4 Å². The topological polar surface area (TPSA) is 92.2 Å². The lowest BCUT2D eigenvalue weighted by atomic mass is 10.4. The highest BCUT2D eigenvalue weighted by molar-refractivity contribution is 7.93. The molecule has 0 saturated heterocycles. The van der Waals surface area contributed by atoms with E-state index in [4.69, 9.17) is 0 Å². The SMILES string of the molecule is Cc1cnc(NCC(O)CS(=O)(=O)c2cccs2)nc1. The zero-order valence-electron chi connectivity index (χ0n) is 10.9. The third-order valence-corrected chi connectivity index (χ3v) is 5.77. The van der Waals surface area contributed by atoms with Crippen molar-refractivity contribution in [2.75, 3.05) is 17.6 Å². The fourth-order valence-electron chi connectivity index (χ4n) is 1.53. The van der Waals surface area contributed by atoms with E-state index in [1.165, 1.54) is 6.07 Å². The summed E-state index contributed by atoms with van der Waals surface area (Å²) in [7, 11) is -3.44. The standard InChI is InChI=1S/C12H15N3O3S2/c1-9-5-13-12(14-6-9)15-7-10(16)8-20(17,18)11-3-2-4-19-11/h2-6,10,16H,7-8H2,1H3,(H,13,14,15). The molecule has 0 aliphatic rings. The van der Waals surface area contributed by atoms with Crippen molar-refractivity contribution in [3.8, 4) is 0 Å². The van der Waals surface area contributed by atoms with Crippen molar-refractivity contribution in [2.45, 2.75) is 17.2 Å². The van der Waals surface area contributed by atoms with E-state index in [1.54, 1.807) is 23.8 Å². The molecule has 20 heavy (non-hydrogen) atoms. The molecule has 0 spiro atoms. The van der Waals surface area contributed by atoms with Gasteiger partial charge >= 0.3 is 0 Å². The number of aromatic nitrogens is 2. The summed E-state index contributed by atoms with van der Waals surface area (Å²) in [5.74, 6) is 0.0370. The molecule has 1 atom stereocenters. The number of rotatable bonds is 6. The van der Waals surface area contributed by atoms with Gasteiger partial charge in [0.15, 0.2) is 9.84 Å². The summed E-state index contributed by atoms with van der Waals surface area (Å²) >= 11 is 1.14. The molecule has 0 bridgehead atoms. The van der Waals surface area contributed by atoms with Crippen LogP contribution in [0.2, 0.25) is 0 Å². The van der Waals surface area contributed by atoms with Gasteiger partial charge in [0.2, 0.25) is 5.95 Å². The van der Waals surface area contributed by atoms with E-state index in [9.17, 15) is 13.5 Å². The molecule has 1 unspecified atom stereocenters.